The van der Waals surface area contributed by atoms with E-state index < -0.39 is 0 Å². The zero-order valence-corrected chi connectivity index (χ0v) is 13.8. The number of nitrogens with one attached hydrogen (secondary N) is 2. The summed E-state index contributed by atoms with van der Waals surface area (Å²) in [5.74, 6) is 0.000578. The average molecular weight is 331 g/mol. The molecule has 0 spiro atoms. The molecule has 2 aromatic heterocycles. The van der Waals surface area contributed by atoms with Crippen LogP contribution in [0.2, 0.25) is 0 Å². The number of ether oxygens (including phenoxy) is 1. The Morgan fingerprint density at radius 3 is 3.09 bits per heavy atom. The van der Waals surface area contributed by atoms with Gasteiger partial charge in [-0.15, -0.1) is 11.3 Å². The Bertz CT molecular complexity index is 624. The summed E-state index contributed by atoms with van der Waals surface area (Å²) in [6.45, 7) is 2.28. The van der Waals surface area contributed by atoms with E-state index in [0.717, 1.165) is 47.9 Å². The number of pyridine rings is 1. The minimum atomic E-state index is 0.000578. The van der Waals surface area contributed by atoms with Gasteiger partial charge >= 0.3 is 0 Å². The zero-order valence-electron chi connectivity index (χ0n) is 13.0. The van der Waals surface area contributed by atoms with Gasteiger partial charge in [0.15, 0.2) is 0 Å². The molecule has 1 amide bonds. The Morgan fingerprint density at radius 2 is 2.30 bits per heavy atom. The fourth-order valence-electron chi connectivity index (χ4n) is 2.53. The maximum atomic E-state index is 12.1. The van der Waals surface area contributed by atoms with Crippen molar-refractivity contribution in [1.82, 2.24) is 10.3 Å². The predicted molar refractivity (Wildman–Crippen MR) is 91.9 cm³/mol. The lowest BCUT2D eigenvalue weighted by atomic mass is 10.2. The van der Waals surface area contributed by atoms with Crippen LogP contribution in [0.3, 0.4) is 0 Å². The van der Waals surface area contributed by atoms with E-state index in [-0.39, 0.29) is 12.0 Å². The van der Waals surface area contributed by atoms with Crippen LogP contribution in [0, 0.1) is 0 Å². The van der Waals surface area contributed by atoms with Crippen LogP contribution in [0.4, 0.5) is 5.69 Å². The van der Waals surface area contributed by atoms with Crippen LogP contribution in [0.1, 0.15) is 39.9 Å². The molecule has 5 nitrogen and oxygen atoms in total. The molecule has 0 bridgehead atoms. The van der Waals surface area contributed by atoms with Crippen LogP contribution in [-0.4, -0.2) is 30.6 Å². The van der Waals surface area contributed by atoms with E-state index in [9.17, 15) is 4.79 Å². The van der Waals surface area contributed by atoms with Gasteiger partial charge in [0.2, 0.25) is 0 Å². The normalized spacial score (nSPS) is 17.1. The lowest BCUT2D eigenvalue weighted by molar-refractivity contribution is 0.0957. The summed E-state index contributed by atoms with van der Waals surface area (Å²) >= 11 is 1.54. The number of nitrogens with zero attached hydrogens (tertiary/aromatic N) is 1. The van der Waals surface area contributed by atoms with Crippen LogP contribution in [0.25, 0.3) is 0 Å². The molecule has 2 N–H and O–H groups in total. The number of hydrogen-bond donors (Lipinski definition) is 2. The molecule has 1 atom stereocenters. The van der Waals surface area contributed by atoms with Gasteiger partial charge in [-0.25, -0.2) is 0 Å². The molecule has 0 unspecified atom stereocenters. The van der Waals surface area contributed by atoms with Crippen molar-refractivity contribution in [3.8, 4) is 0 Å². The first kappa shape index (κ1) is 16.0. The number of carbonyl (C=O) groups is 1. The van der Waals surface area contributed by atoms with Crippen molar-refractivity contribution in [2.45, 2.75) is 25.4 Å². The first-order valence-electron chi connectivity index (χ1n) is 7.96. The first-order chi connectivity index (χ1) is 11.3. The predicted octanol–water partition coefficient (Wildman–Crippen LogP) is 3.23. The summed E-state index contributed by atoms with van der Waals surface area (Å²) in [6, 6.07) is 7.78. The highest BCUT2D eigenvalue weighted by Crippen LogP contribution is 2.33. The summed E-state index contributed by atoms with van der Waals surface area (Å²) in [5, 5.41) is 6.24. The smallest absolute Gasteiger partial charge is 0.261 e. The van der Waals surface area contributed by atoms with Crippen molar-refractivity contribution < 1.29 is 9.53 Å². The zero-order chi connectivity index (χ0) is 15.9. The molecule has 0 saturated carbocycles. The number of aromatic nitrogens is 1. The minimum Gasteiger partial charge on any atom is -0.384 e. The number of carbonyl (C=O) groups excluding carboxylic acids is 1. The third-order valence-electron chi connectivity index (χ3n) is 3.73. The summed E-state index contributed by atoms with van der Waals surface area (Å²) in [6.07, 6.45) is 6.75. The van der Waals surface area contributed by atoms with E-state index in [1.807, 2.05) is 24.3 Å². The molecular formula is C17H21N3O2S. The van der Waals surface area contributed by atoms with Gasteiger partial charge in [-0.05, 0) is 43.5 Å². The molecule has 1 aliphatic heterocycles. The third kappa shape index (κ3) is 4.53. The highest BCUT2D eigenvalue weighted by atomic mass is 32.1. The highest BCUT2D eigenvalue weighted by Gasteiger charge is 2.20. The lowest BCUT2D eigenvalue weighted by Gasteiger charge is -2.07. The van der Waals surface area contributed by atoms with Gasteiger partial charge in [0.1, 0.15) is 0 Å². The SMILES string of the molecule is O=C(NCCCNc1cccnc1)c1ccc([C@H]2CCCO2)s1. The Morgan fingerprint density at radius 1 is 1.35 bits per heavy atom. The maximum absolute atomic E-state index is 12.1. The van der Waals surface area contributed by atoms with Crippen molar-refractivity contribution in [3.63, 3.8) is 0 Å². The maximum Gasteiger partial charge on any atom is 0.261 e. The lowest BCUT2D eigenvalue weighted by Crippen LogP contribution is -2.25. The number of anilines is 1. The van der Waals surface area contributed by atoms with Gasteiger partial charge in [-0.3, -0.25) is 9.78 Å². The highest BCUT2D eigenvalue weighted by molar-refractivity contribution is 7.14. The average Bonchev–Trinajstić information content (AvgIpc) is 3.26. The van der Waals surface area contributed by atoms with Gasteiger partial charge in [-0.2, -0.15) is 0 Å². The Hall–Kier alpha value is -1.92. The Labute approximate surface area is 140 Å². The number of rotatable bonds is 7. The molecule has 1 fully saturated rings. The van der Waals surface area contributed by atoms with Crippen molar-refractivity contribution in [3.05, 3.63) is 46.4 Å². The molecular weight excluding hydrogens is 310 g/mol. The summed E-state index contributed by atoms with van der Waals surface area (Å²) in [4.78, 5) is 18.1. The molecule has 1 saturated heterocycles. The van der Waals surface area contributed by atoms with Crippen molar-refractivity contribution in [2.24, 2.45) is 0 Å². The van der Waals surface area contributed by atoms with Gasteiger partial charge in [0.25, 0.3) is 5.91 Å². The van der Waals surface area contributed by atoms with Gasteiger partial charge in [0, 0.05) is 37.0 Å². The summed E-state index contributed by atoms with van der Waals surface area (Å²) in [7, 11) is 0. The Kier molecular flexibility index (Phi) is 5.60. The van der Waals surface area contributed by atoms with E-state index in [0.29, 0.717) is 6.54 Å². The molecule has 2 aromatic rings. The standard InChI is InChI=1S/C17H21N3O2S/c21-17(16-7-6-15(23-16)14-5-2-11-22-14)20-10-3-9-19-13-4-1-8-18-12-13/h1,4,6-8,12,14,19H,2-3,5,9-11H2,(H,20,21)/t14-/m1/s1. The van der Waals surface area contributed by atoms with Gasteiger partial charge in [-0.1, -0.05) is 0 Å². The van der Waals surface area contributed by atoms with E-state index in [1.54, 1.807) is 12.4 Å². The van der Waals surface area contributed by atoms with Gasteiger partial charge in [0.05, 0.1) is 16.7 Å². The molecule has 0 aliphatic carbocycles. The van der Waals surface area contributed by atoms with Crippen LogP contribution in [0.5, 0.6) is 0 Å². The van der Waals surface area contributed by atoms with Crippen molar-refractivity contribution >= 4 is 22.9 Å². The van der Waals surface area contributed by atoms with Crippen LogP contribution >= 0.6 is 11.3 Å². The molecule has 0 aromatic carbocycles. The Balaban J connectivity index is 1.37. The first-order valence-corrected chi connectivity index (χ1v) is 8.78. The molecule has 122 valence electrons. The van der Waals surface area contributed by atoms with Crippen molar-refractivity contribution in [1.29, 1.82) is 0 Å². The number of amides is 1. The topological polar surface area (TPSA) is 63.2 Å². The van der Waals surface area contributed by atoms with Crippen molar-refractivity contribution in [2.75, 3.05) is 25.0 Å². The molecule has 6 heteroatoms. The monoisotopic (exact) mass is 331 g/mol. The largest absolute Gasteiger partial charge is 0.384 e. The molecule has 0 radical (unpaired) electrons. The third-order valence-corrected chi connectivity index (χ3v) is 4.90. The second-order valence-corrected chi connectivity index (χ2v) is 6.60. The molecule has 1 aliphatic rings. The quantitative estimate of drug-likeness (QED) is 0.765. The van der Waals surface area contributed by atoms with Crippen LogP contribution in [0.15, 0.2) is 36.7 Å². The van der Waals surface area contributed by atoms with E-state index in [2.05, 4.69) is 15.6 Å². The molecule has 3 heterocycles. The fraction of sp³-hybridized carbons (Fsp3) is 0.412. The molecule has 3 rings (SSSR count). The van der Waals surface area contributed by atoms with E-state index in [4.69, 9.17) is 4.74 Å². The second kappa shape index (κ2) is 8.08. The number of hydrogen-bond acceptors (Lipinski definition) is 5. The minimum absolute atomic E-state index is 0.000578. The van der Waals surface area contributed by atoms with Crippen LogP contribution < -0.4 is 10.6 Å². The fourth-order valence-corrected chi connectivity index (χ4v) is 3.54. The molecule has 23 heavy (non-hydrogen) atoms. The summed E-state index contributed by atoms with van der Waals surface area (Å²) < 4.78 is 5.65. The van der Waals surface area contributed by atoms with E-state index in [1.165, 1.54) is 11.3 Å². The summed E-state index contributed by atoms with van der Waals surface area (Å²) in [5.41, 5.74) is 0.998. The second-order valence-electron chi connectivity index (χ2n) is 5.48. The number of thiophene rings is 1. The van der Waals surface area contributed by atoms with Crippen LogP contribution in [-0.2, 0) is 4.74 Å². The van der Waals surface area contributed by atoms with E-state index >= 15 is 0 Å². The van der Waals surface area contributed by atoms with Gasteiger partial charge < -0.3 is 15.4 Å².